The summed E-state index contributed by atoms with van der Waals surface area (Å²) in [7, 11) is 0. The highest BCUT2D eigenvalue weighted by Gasteiger charge is 2.41. The van der Waals surface area contributed by atoms with Crippen LogP contribution in [-0.4, -0.2) is 24.3 Å². The minimum atomic E-state index is -0.0802. The molecule has 1 aliphatic heterocycles. The van der Waals surface area contributed by atoms with E-state index < -0.39 is 0 Å². The molecule has 3 heteroatoms. The van der Waals surface area contributed by atoms with E-state index in [0.29, 0.717) is 11.8 Å². The van der Waals surface area contributed by atoms with Crippen molar-refractivity contribution in [1.29, 1.82) is 0 Å². The van der Waals surface area contributed by atoms with Gasteiger partial charge >= 0.3 is 0 Å². The molecule has 3 unspecified atom stereocenters. The Labute approximate surface area is 109 Å². The van der Waals surface area contributed by atoms with Crippen LogP contribution in [0.5, 0.6) is 0 Å². The molecule has 4 atom stereocenters. The standard InChI is InChI=1S/C15H22N2O/c1-10(16)11-2-5-13(6-3-11)17-8-12-4-7-15(18)14(12)9-17/h2-3,5-6,10,12,14-15,18H,4,7-9,16H2,1H3/t10-,12?,14?,15?/m1/s1. The zero-order valence-corrected chi connectivity index (χ0v) is 10.9. The lowest BCUT2D eigenvalue weighted by Gasteiger charge is -2.21. The monoisotopic (exact) mass is 246 g/mol. The van der Waals surface area contributed by atoms with Crippen molar-refractivity contribution >= 4 is 5.69 Å². The van der Waals surface area contributed by atoms with Gasteiger partial charge in [0.2, 0.25) is 0 Å². The maximum absolute atomic E-state index is 9.94. The van der Waals surface area contributed by atoms with Gasteiger partial charge in [0.25, 0.3) is 0 Å². The van der Waals surface area contributed by atoms with E-state index in [-0.39, 0.29) is 12.1 Å². The van der Waals surface area contributed by atoms with Crippen molar-refractivity contribution in [3.8, 4) is 0 Å². The summed E-state index contributed by atoms with van der Waals surface area (Å²) >= 11 is 0. The van der Waals surface area contributed by atoms with E-state index in [0.717, 1.165) is 19.5 Å². The maximum atomic E-state index is 9.94. The molecule has 2 aliphatic rings. The van der Waals surface area contributed by atoms with E-state index in [4.69, 9.17) is 5.73 Å². The van der Waals surface area contributed by atoms with Crippen LogP contribution >= 0.6 is 0 Å². The summed E-state index contributed by atoms with van der Waals surface area (Å²) < 4.78 is 0. The minimum absolute atomic E-state index is 0.0802. The van der Waals surface area contributed by atoms with Crippen molar-refractivity contribution in [2.75, 3.05) is 18.0 Å². The van der Waals surface area contributed by atoms with Gasteiger partial charge in [0.1, 0.15) is 0 Å². The Bertz CT molecular complexity index is 415. The van der Waals surface area contributed by atoms with Gasteiger partial charge in [0.05, 0.1) is 6.10 Å². The largest absolute Gasteiger partial charge is 0.393 e. The SMILES string of the molecule is C[C@@H](N)c1ccc(N2CC3CCC(O)C3C2)cc1. The van der Waals surface area contributed by atoms with E-state index in [1.54, 1.807) is 0 Å². The Kier molecular flexibility index (Phi) is 3.04. The lowest BCUT2D eigenvalue weighted by molar-refractivity contribution is 0.133. The Morgan fingerprint density at radius 3 is 2.56 bits per heavy atom. The minimum Gasteiger partial charge on any atom is -0.393 e. The van der Waals surface area contributed by atoms with Crippen molar-refractivity contribution in [3.63, 3.8) is 0 Å². The summed E-state index contributed by atoms with van der Waals surface area (Å²) in [6, 6.07) is 8.65. The molecule has 1 aromatic rings. The number of nitrogens with zero attached hydrogens (tertiary/aromatic N) is 1. The normalized spacial score (nSPS) is 32.6. The summed E-state index contributed by atoms with van der Waals surface area (Å²) in [5.74, 6) is 1.17. The summed E-state index contributed by atoms with van der Waals surface area (Å²) in [4.78, 5) is 2.41. The second-order valence-corrected chi connectivity index (χ2v) is 5.85. The van der Waals surface area contributed by atoms with Crippen molar-refractivity contribution < 1.29 is 5.11 Å². The van der Waals surface area contributed by atoms with E-state index in [1.807, 2.05) is 6.92 Å². The molecule has 98 valence electrons. The van der Waals surface area contributed by atoms with Gasteiger partial charge in [-0.2, -0.15) is 0 Å². The fourth-order valence-corrected chi connectivity index (χ4v) is 3.44. The van der Waals surface area contributed by atoms with Gasteiger partial charge in [-0.05, 0) is 43.4 Å². The van der Waals surface area contributed by atoms with Gasteiger partial charge in [-0.3, -0.25) is 0 Å². The molecule has 3 N–H and O–H groups in total. The van der Waals surface area contributed by atoms with Crippen LogP contribution in [-0.2, 0) is 0 Å². The van der Waals surface area contributed by atoms with E-state index in [2.05, 4.69) is 29.2 Å². The number of benzene rings is 1. The predicted octanol–water partition coefficient (Wildman–Crippen LogP) is 1.91. The third-order valence-corrected chi connectivity index (χ3v) is 4.60. The highest BCUT2D eigenvalue weighted by atomic mass is 16.3. The zero-order chi connectivity index (χ0) is 12.7. The highest BCUT2D eigenvalue weighted by molar-refractivity contribution is 5.49. The number of aliphatic hydroxyl groups excluding tert-OH is 1. The van der Waals surface area contributed by atoms with Gasteiger partial charge in [0, 0.05) is 30.7 Å². The average molecular weight is 246 g/mol. The molecular formula is C15H22N2O. The molecule has 0 aromatic heterocycles. The van der Waals surface area contributed by atoms with Crippen LogP contribution in [0.2, 0.25) is 0 Å². The van der Waals surface area contributed by atoms with Gasteiger partial charge in [-0.25, -0.2) is 0 Å². The first-order chi connectivity index (χ1) is 8.65. The van der Waals surface area contributed by atoms with Crippen LogP contribution in [0.25, 0.3) is 0 Å². The van der Waals surface area contributed by atoms with Crippen LogP contribution in [0, 0.1) is 11.8 Å². The number of hydrogen-bond donors (Lipinski definition) is 2. The Balaban J connectivity index is 1.73. The van der Waals surface area contributed by atoms with Gasteiger partial charge in [0.15, 0.2) is 0 Å². The van der Waals surface area contributed by atoms with Gasteiger partial charge in [-0.15, -0.1) is 0 Å². The molecule has 0 bridgehead atoms. The first kappa shape index (κ1) is 12.0. The summed E-state index contributed by atoms with van der Waals surface area (Å²) in [5.41, 5.74) is 8.31. The van der Waals surface area contributed by atoms with Crippen LogP contribution in [0.15, 0.2) is 24.3 Å². The van der Waals surface area contributed by atoms with Gasteiger partial charge < -0.3 is 15.7 Å². The van der Waals surface area contributed by atoms with Crippen molar-refractivity contribution in [1.82, 2.24) is 0 Å². The number of fused-ring (bicyclic) bond motifs is 1. The Morgan fingerprint density at radius 2 is 1.94 bits per heavy atom. The van der Waals surface area contributed by atoms with Crippen molar-refractivity contribution in [3.05, 3.63) is 29.8 Å². The average Bonchev–Trinajstić information content (AvgIpc) is 2.92. The third kappa shape index (κ3) is 2.02. The molecule has 1 aromatic carbocycles. The molecule has 1 heterocycles. The molecule has 0 spiro atoms. The van der Waals surface area contributed by atoms with Crippen LogP contribution in [0.4, 0.5) is 5.69 Å². The molecular weight excluding hydrogens is 224 g/mol. The van der Waals surface area contributed by atoms with Gasteiger partial charge in [-0.1, -0.05) is 12.1 Å². The Morgan fingerprint density at radius 1 is 1.22 bits per heavy atom. The second-order valence-electron chi connectivity index (χ2n) is 5.85. The van der Waals surface area contributed by atoms with E-state index in [9.17, 15) is 5.11 Å². The molecule has 1 saturated carbocycles. The zero-order valence-electron chi connectivity index (χ0n) is 10.9. The summed E-state index contributed by atoms with van der Waals surface area (Å²) in [6.07, 6.45) is 2.09. The molecule has 1 aliphatic carbocycles. The molecule has 0 amide bonds. The van der Waals surface area contributed by atoms with E-state index in [1.165, 1.54) is 17.7 Å². The first-order valence-electron chi connectivity index (χ1n) is 6.93. The lowest BCUT2D eigenvalue weighted by atomic mass is 10.00. The van der Waals surface area contributed by atoms with Crippen LogP contribution in [0.1, 0.15) is 31.4 Å². The van der Waals surface area contributed by atoms with Crippen molar-refractivity contribution in [2.24, 2.45) is 17.6 Å². The van der Waals surface area contributed by atoms with E-state index >= 15 is 0 Å². The maximum Gasteiger partial charge on any atom is 0.0588 e. The third-order valence-electron chi connectivity index (χ3n) is 4.60. The first-order valence-corrected chi connectivity index (χ1v) is 6.93. The second kappa shape index (κ2) is 4.56. The molecule has 0 radical (unpaired) electrons. The molecule has 2 fully saturated rings. The summed E-state index contributed by atoms with van der Waals surface area (Å²) in [5, 5.41) is 9.94. The topological polar surface area (TPSA) is 49.5 Å². The fraction of sp³-hybridized carbons (Fsp3) is 0.600. The molecule has 3 rings (SSSR count). The number of aliphatic hydroxyl groups is 1. The number of rotatable bonds is 2. The van der Waals surface area contributed by atoms with Crippen LogP contribution in [0.3, 0.4) is 0 Å². The number of nitrogens with two attached hydrogens (primary N) is 1. The fourth-order valence-electron chi connectivity index (χ4n) is 3.44. The molecule has 3 nitrogen and oxygen atoms in total. The predicted molar refractivity (Wildman–Crippen MR) is 73.5 cm³/mol. The smallest absolute Gasteiger partial charge is 0.0588 e. The quantitative estimate of drug-likeness (QED) is 0.838. The number of anilines is 1. The van der Waals surface area contributed by atoms with Crippen LogP contribution < -0.4 is 10.6 Å². The lowest BCUT2D eigenvalue weighted by Crippen LogP contribution is -2.24. The molecule has 18 heavy (non-hydrogen) atoms. The Hall–Kier alpha value is -1.06. The summed E-state index contributed by atoms with van der Waals surface area (Å²) in [6.45, 7) is 4.11. The number of hydrogen-bond acceptors (Lipinski definition) is 3. The highest BCUT2D eigenvalue weighted by Crippen LogP contribution is 2.39. The molecule has 1 saturated heterocycles. The van der Waals surface area contributed by atoms with Crippen molar-refractivity contribution in [2.45, 2.75) is 31.9 Å².